The Labute approximate surface area is 235 Å². The van der Waals surface area contributed by atoms with E-state index >= 15 is 0 Å². The number of ether oxygens (including phenoxy) is 1. The Morgan fingerprint density at radius 2 is 1.62 bits per heavy atom. The molecule has 3 aromatic carbocycles. The fourth-order valence-electron chi connectivity index (χ4n) is 5.02. The Bertz CT molecular complexity index is 1440. The van der Waals surface area contributed by atoms with Crippen LogP contribution in [-0.4, -0.2) is 39.4 Å². The highest BCUT2D eigenvalue weighted by Gasteiger charge is 2.39. The second-order valence-corrected chi connectivity index (χ2v) is 11.2. The van der Waals surface area contributed by atoms with Crippen LogP contribution in [-0.2, 0) is 32.9 Å². The molecule has 0 unspecified atom stereocenters. The lowest BCUT2D eigenvalue weighted by molar-refractivity contribution is -0.127. The number of carbonyl (C=O) groups excluding carboxylic acids is 2. The first-order valence-corrected chi connectivity index (χ1v) is 14.9. The third kappa shape index (κ3) is 7.07. The van der Waals surface area contributed by atoms with Gasteiger partial charge in [-0.2, -0.15) is 8.42 Å². The molecule has 0 bridgehead atoms. The van der Waals surface area contributed by atoms with Gasteiger partial charge in [-0.05, 0) is 61.7 Å². The summed E-state index contributed by atoms with van der Waals surface area (Å²) in [6, 6.07) is 20.9. The number of nitrogens with one attached hydrogen (secondary N) is 4. The summed E-state index contributed by atoms with van der Waals surface area (Å²) >= 11 is 0. The van der Waals surface area contributed by atoms with Crippen LogP contribution in [0.2, 0.25) is 0 Å². The predicted molar refractivity (Wildman–Crippen MR) is 156 cm³/mol. The van der Waals surface area contributed by atoms with Crippen LogP contribution in [0.4, 0.5) is 5.69 Å². The Hall–Kier alpha value is -3.73. The van der Waals surface area contributed by atoms with Gasteiger partial charge in [0.15, 0.2) is 0 Å². The molecule has 2 amide bonds. The van der Waals surface area contributed by atoms with E-state index in [0.29, 0.717) is 31.0 Å². The van der Waals surface area contributed by atoms with Crippen molar-refractivity contribution in [1.29, 1.82) is 0 Å². The maximum Gasteiger partial charge on any atom is 0.323 e. The van der Waals surface area contributed by atoms with Gasteiger partial charge in [0.2, 0.25) is 5.91 Å². The summed E-state index contributed by atoms with van der Waals surface area (Å²) < 4.78 is 36.0. The molecule has 10 heteroatoms. The molecule has 0 radical (unpaired) electrons. The van der Waals surface area contributed by atoms with Gasteiger partial charge in [0, 0.05) is 24.3 Å². The van der Waals surface area contributed by atoms with Crippen molar-refractivity contribution in [2.75, 3.05) is 18.4 Å². The van der Waals surface area contributed by atoms with Crippen molar-refractivity contribution in [1.82, 2.24) is 15.4 Å². The van der Waals surface area contributed by atoms with Gasteiger partial charge in [-0.25, -0.2) is 4.72 Å². The lowest BCUT2D eigenvalue weighted by Crippen LogP contribution is -2.53. The van der Waals surface area contributed by atoms with Gasteiger partial charge in [-0.1, -0.05) is 67.4 Å². The molecule has 4 rings (SSSR count). The highest BCUT2D eigenvalue weighted by Crippen LogP contribution is 2.33. The first kappa shape index (κ1) is 29.3. The molecule has 4 N–H and O–H groups in total. The highest BCUT2D eigenvalue weighted by atomic mass is 32.2. The lowest BCUT2D eigenvalue weighted by atomic mass is 9.95. The van der Waals surface area contributed by atoms with Crippen molar-refractivity contribution in [3.8, 4) is 11.1 Å². The van der Waals surface area contributed by atoms with E-state index in [1.54, 1.807) is 36.4 Å². The number of carbonyl (C=O) groups is 2. The number of hydrogen-bond acceptors (Lipinski definition) is 6. The Morgan fingerprint density at radius 3 is 2.33 bits per heavy atom. The number of anilines is 1. The quantitative estimate of drug-likeness (QED) is 0.262. The van der Waals surface area contributed by atoms with E-state index in [-0.39, 0.29) is 11.5 Å². The molecule has 1 aliphatic rings. The minimum absolute atomic E-state index is 0.000219. The van der Waals surface area contributed by atoms with Gasteiger partial charge in [-0.15, -0.1) is 0 Å². The molecule has 3 aromatic rings. The van der Waals surface area contributed by atoms with E-state index in [2.05, 4.69) is 20.1 Å². The summed E-state index contributed by atoms with van der Waals surface area (Å²) in [5.41, 5.74) is 3.19. The molecule has 0 saturated heterocycles. The van der Waals surface area contributed by atoms with Crippen LogP contribution in [0, 0.1) is 0 Å². The highest BCUT2D eigenvalue weighted by molar-refractivity contribution is 7.91. The van der Waals surface area contributed by atoms with E-state index in [9.17, 15) is 18.0 Å². The van der Waals surface area contributed by atoms with Crippen molar-refractivity contribution in [3.63, 3.8) is 0 Å². The Morgan fingerprint density at radius 1 is 0.925 bits per heavy atom. The molecule has 1 aliphatic carbocycles. The first-order valence-electron chi connectivity index (χ1n) is 13.4. The van der Waals surface area contributed by atoms with Crippen LogP contribution in [0.1, 0.15) is 54.1 Å². The van der Waals surface area contributed by atoms with Crippen LogP contribution >= 0.6 is 0 Å². The summed E-state index contributed by atoms with van der Waals surface area (Å²) in [7, 11) is -2.39. The van der Waals surface area contributed by atoms with Crippen LogP contribution in [0.15, 0.2) is 72.8 Å². The smallest absolute Gasteiger partial charge is 0.323 e. The SMILES string of the molecule is CCOCc1cc(CNC(=O)C2(NC)CCCC2)ccc1-c1ccccc1NS(=O)(=O)NC(=O)c1ccccc1. The molecule has 0 aliphatic heterocycles. The summed E-state index contributed by atoms with van der Waals surface area (Å²) in [4.78, 5) is 25.4. The zero-order valence-electron chi connectivity index (χ0n) is 22.8. The zero-order chi connectivity index (χ0) is 28.6. The minimum atomic E-state index is -4.22. The van der Waals surface area contributed by atoms with Crippen molar-refractivity contribution >= 4 is 27.7 Å². The lowest BCUT2D eigenvalue weighted by Gasteiger charge is -2.27. The second-order valence-electron chi connectivity index (χ2n) is 9.80. The average Bonchev–Trinajstić information content (AvgIpc) is 3.46. The predicted octanol–water partition coefficient (Wildman–Crippen LogP) is 4.13. The molecule has 9 nitrogen and oxygen atoms in total. The molecule has 212 valence electrons. The molecular formula is C30H36N4O5S. The van der Waals surface area contributed by atoms with Gasteiger partial charge in [0.1, 0.15) is 0 Å². The third-order valence-electron chi connectivity index (χ3n) is 7.18. The summed E-state index contributed by atoms with van der Waals surface area (Å²) in [6.45, 7) is 3.08. The normalized spacial score (nSPS) is 14.4. The van der Waals surface area contributed by atoms with E-state index in [4.69, 9.17) is 4.74 Å². The maximum atomic E-state index is 13.0. The van der Waals surface area contributed by atoms with Gasteiger partial charge in [0.05, 0.1) is 17.8 Å². The van der Waals surface area contributed by atoms with Crippen molar-refractivity contribution in [2.45, 2.75) is 51.3 Å². The van der Waals surface area contributed by atoms with E-state index < -0.39 is 21.7 Å². The van der Waals surface area contributed by atoms with E-state index in [1.807, 2.05) is 38.2 Å². The second kappa shape index (κ2) is 13.1. The number of benzene rings is 3. The zero-order valence-corrected chi connectivity index (χ0v) is 23.6. The third-order valence-corrected chi connectivity index (χ3v) is 8.12. The van der Waals surface area contributed by atoms with Crippen LogP contribution in [0.5, 0.6) is 0 Å². The monoisotopic (exact) mass is 564 g/mol. The van der Waals surface area contributed by atoms with Crippen LogP contribution in [0.3, 0.4) is 0 Å². The van der Waals surface area contributed by atoms with E-state index in [1.165, 1.54) is 12.1 Å². The largest absolute Gasteiger partial charge is 0.377 e. The minimum Gasteiger partial charge on any atom is -0.377 e. The topological polar surface area (TPSA) is 126 Å². The standard InChI is InChI=1S/C30H36N4O5S/c1-3-39-21-24-19-22(20-32-29(36)30(31-2)17-9-10-18-30)15-16-25(24)26-13-7-8-14-27(26)33-40(37,38)34-28(35)23-11-5-4-6-12-23/h4-8,11-16,19,31,33H,3,9-10,17-18,20-21H2,1-2H3,(H,32,36)(H,34,35). The Kier molecular flexibility index (Phi) is 9.57. The number of para-hydroxylation sites is 1. The summed E-state index contributed by atoms with van der Waals surface area (Å²) in [6.07, 6.45) is 3.70. The van der Waals surface area contributed by atoms with Crippen molar-refractivity contribution < 1.29 is 22.7 Å². The first-order chi connectivity index (χ1) is 19.3. The van der Waals surface area contributed by atoms with Crippen molar-refractivity contribution in [2.24, 2.45) is 0 Å². The fourth-order valence-corrected chi connectivity index (χ4v) is 5.90. The molecule has 1 saturated carbocycles. The molecule has 0 spiro atoms. The van der Waals surface area contributed by atoms with Gasteiger partial charge < -0.3 is 15.4 Å². The average molecular weight is 565 g/mol. The number of hydrogen-bond donors (Lipinski definition) is 4. The van der Waals surface area contributed by atoms with Crippen LogP contribution in [0.25, 0.3) is 11.1 Å². The Balaban J connectivity index is 1.56. The number of likely N-dealkylation sites (N-methyl/N-ethyl adjacent to an activating group) is 1. The molecule has 40 heavy (non-hydrogen) atoms. The molecule has 0 aromatic heterocycles. The summed E-state index contributed by atoms with van der Waals surface area (Å²) in [5.74, 6) is -0.730. The molecule has 0 heterocycles. The molecule has 0 atom stereocenters. The fraction of sp³-hybridized carbons (Fsp3) is 0.333. The maximum absolute atomic E-state index is 13.0. The van der Waals surface area contributed by atoms with Gasteiger partial charge in [0.25, 0.3) is 5.91 Å². The number of amides is 2. The summed E-state index contributed by atoms with van der Waals surface area (Å²) in [5, 5.41) is 6.29. The van der Waals surface area contributed by atoms with E-state index in [0.717, 1.165) is 42.4 Å². The number of rotatable bonds is 12. The van der Waals surface area contributed by atoms with Gasteiger partial charge >= 0.3 is 10.2 Å². The molecular weight excluding hydrogens is 528 g/mol. The van der Waals surface area contributed by atoms with Crippen molar-refractivity contribution in [3.05, 3.63) is 89.5 Å². The van der Waals surface area contributed by atoms with Crippen LogP contribution < -0.4 is 20.1 Å². The van der Waals surface area contributed by atoms with Gasteiger partial charge in [-0.3, -0.25) is 14.3 Å². The molecule has 1 fully saturated rings.